The van der Waals surface area contributed by atoms with Gasteiger partial charge < -0.3 is 15.1 Å². The maximum absolute atomic E-state index is 3.63. The Morgan fingerprint density at radius 2 is 2.20 bits per heavy atom. The maximum Gasteiger partial charge on any atom is 0.0232 e. The van der Waals surface area contributed by atoms with E-state index in [9.17, 15) is 0 Å². The monoisotopic (exact) mass is 211 g/mol. The molecule has 2 aliphatic heterocycles. The smallest absolute Gasteiger partial charge is 0.0232 e. The molecule has 0 bridgehead atoms. The summed E-state index contributed by atoms with van der Waals surface area (Å²) in [7, 11) is 4.52. The Hall–Kier alpha value is -0.120. The summed E-state index contributed by atoms with van der Waals surface area (Å²) >= 11 is 0. The molecule has 0 saturated carbocycles. The Labute approximate surface area is 93.8 Å². The molecule has 2 aliphatic rings. The number of hydrogen-bond donors (Lipinski definition) is 1. The van der Waals surface area contributed by atoms with E-state index in [0.717, 1.165) is 12.1 Å². The van der Waals surface area contributed by atoms with E-state index in [1.807, 2.05) is 0 Å². The molecule has 2 rings (SSSR count). The molecule has 2 saturated heterocycles. The minimum absolute atomic E-state index is 0.745. The van der Waals surface area contributed by atoms with Crippen molar-refractivity contribution in [3.63, 3.8) is 0 Å². The first-order valence-electron chi connectivity index (χ1n) is 6.38. The van der Waals surface area contributed by atoms with E-state index in [2.05, 4.69) is 29.2 Å². The molecule has 3 heteroatoms. The van der Waals surface area contributed by atoms with Crippen molar-refractivity contribution in [3.8, 4) is 0 Å². The number of nitrogens with zero attached hydrogens (tertiary/aromatic N) is 2. The zero-order chi connectivity index (χ0) is 10.7. The van der Waals surface area contributed by atoms with E-state index < -0.39 is 0 Å². The predicted octanol–water partition coefficient (Wildman–Crippen LogP) is 0.764. The van der Waals surface area contributed by atoms with Gasteiger partial charge in [-0.1, -0.05) is 6.42 Å². The predicted molar refractivity (Wildman–Crippen MR) is 64.2 cm³/mol. The summed E-state index contributed by atoms with van der Waals surface area (Å²) in [6.45, 7) is 4.98. The summed E-state index contributed by atoms with van der Waals surface area (Å²) < 4.78 is 0. The Morgan fingerprint density at radius 1 is 1.33 bits per heavy atom. The van der Waals surface area contributed by atoms with Crippen LogP contribution in [0.3, 0.4) is 0 Å². The standard InChI is InChI=1S/C12H25N3/c1-14-8-6-12(10-14)15(2)9-11-5-3-4-7-13-11/h11-13H,3-10H2,1-2H3. The third-order valence-electron chi connectivity index (χ3n) is 3.91. The zero-order valence-corrected chi connectivity index (χ0v) is 10.2. The highest BCUT2D eigenvalue weighted by molar-refractivity contribution is 4.83. The van der Waals surface area contributed by atoms with Crippen LogP contribution in [0.25, 0.3) is 0 Å². The van der Waals surface area contributed by atoms with E-state index in [1.54, 1.807) is 0 Å². The molecule has 1 N–H and O–H groups in total. The normalized spacial score (nSPS) is 33.8. The van der Waals surface area contributed by atoms with Crippen molar-refractivity contribution in [2.24, 2.45) is 0 Å². The van der Waals surface area contributed by atoms with E-state index in [1.165, 1.54) is 51.9 Å². The molecule has 0 aromatic heterocycles. The van der Waals surface area contributed by atoms with Crippen LogP contribution in [0.4, 0.5) is 0 Å². The fourth-order valence-electron chi connectivity index (χ4n) is 2.85. The highest BCUT2D eigenvalue weighted by Crippen LogP contribution is 2.15. The molecule has 0 aromatic rings. The van der Waals surface area contributed by atoms with Crippen molar-refractivity contribution in [2.75, 3.05) is 40.3 Å². The van der Waals surface area contributed by atoms with Gasteiger partial charge in [0.05, 0.1) is 0 Å². The fourth-order valence-corrected chi connectivity index (χ4v) is 2.85. The average Bonchev–Trinajstić information content (AvgIpc) is 2.66. The van der Waals surface area contributed by atoms with Crippen LogP contribution >= 0.6 is 0 Å². The molecule has 2 fully saturated rings. The molecule has 2 atom stereocenters. The fraction of sp³-hybridized carbons (Fsp3) is 1.00. The summed E-state index contributed by atoms with van der Waals surface area (Å²) in [6, 6.07) is 1.54. The molecule has 15 heavy (non-hydrogen) atoms. The average molecular weight is 211 g/mol. The second-order valence-corrected chi connectivity index (χ2v) is 5.29. The van der Waals surface area contributed by atoms with E-state index >= 15 is 0 Å². The largest absolute Gasteiger partial charge is 0.313 e. The molecule has 0 amide bonds. The second kappa shape index (κ2) is 5.28. The van der Waals surface area contributed by atoms with Crippen LogP contribution in [0.5, 0.6) is 0 Å². The first kappa shape index (κ1) is 11.4. The van der Waals surface area contributed by atoms with Crippen molar-refractivity contribution >= 4 is 0 Å². The van der Waals surface area contributed by atoms with Gasteiger partial charge in [0.1, 0.15) is 0 Å². The summed E-state index contributed by atoms with van der Waals surface area (Å²) in [6.07, 6.45) is 5.50. The van der Waals surface area contributed by atoms with Gasteiger partial charge in [-0.2, -0.15) is 0 Å². The molecular formula is C12H25N3. The van der Waals surface area contributed by atoms with Crippen molar-refractivity contribution in [1.82, 2.24) is 15.1 Å². The number of likely N-dealkylation sites (tertiary alicyclic amines) is 1. The number of nitrogens with one attached hydrogen (secondary N) is 1. The van der Waals surface area contributed by atoms with Gasteiger partial charge in [0.15, 0.2) is 0 Å². The molecule has 0 aromatic carbocycles. The number of hydrogen-bond acceptors (Lipinski definition) is 3. The van der Waals surface area contributed by atoms with Crippen LogP contribution in [0.2, 0.25) is 0 Å². The third kappa shape index (κ3) is 3.16. The maximum atomic E-state index is 3.63. The number of rotatable bonds is 3. The van der Waals surface area contributed by atoms with Gasteiger partial charge in [0.2, 0.25) is 0 Å². The minimum Gasteiger partial charge on any atom is -0.313 e. The Morgan fingerprint density at radius 3 is 2.80 bits per heavy atom. The lowest BCUT2D eigenvalue weighted by atomic mass is 10.0. The first-order chi connectivity index (χ1) is 7.25. The lowest BCUT2D eigenvalue weighted by Gasteiger charge is -2.31. The summed E-state index contributed by atoms with van der Waals surface area (Å²) in [5, 5.41) is 3.63. The number of piperidine rings is 1. The molecule has 2 unspecified atom stereocenters. The van der Waals surface area contributed by atoms with Gasteiger partial charge in [-0.25, -0.2) is 0 Å². The highest BCUT2D eigenvalue weighted by Gasteiger charge is 2.25. The van der Waals surface area contributed by atoms with Crippen LogP contribution in [0.15, 0.2) is 0 Å². The molecular weight excluding hydrogens is 186 g/mol. The molecule has 0 aliphatic carbocycles. The lowest BCUT2D eigenvalue weighted by Crippen LogP contribution is -2.46. The number of likely N-dealkylation sites (N-methyl/N-ethyl adjacent to an activating group) is 2. The lowest BCUT2D eigenvalue weighted by molar-refractivity contribution is 0.203. The van der Waals surface area contributed by atoms with Gasteiger partial charge in [0, 0.05) is 25.2 Å². The Balaban J connectivity index is 1.73. The van der Waals surface area contributed by atoms with Crippen molar-refractivity contribution < 1.29 is 0 Å². The first-order valence-corrected chi connectivity index (χ1v) is 6.38. The highest BCUT2D eigenvalue weighted by atomic mass is 15.2. The van der Waals surface area contributed by atoms with Gasteiger partial charge in [-0.3, -0.25) is 0 Å². The van der Waals surface area contributed by atoms with Gasteiger partial charge in [-0.05, 0) is 46.4 Å². The van der Waals surface area contributed by atoms with Crippen LogP contribution in [-0.4, -0.2) is 62.2 Å². The van der Waals surface area contributed by atoms with Crippen LogP contribution < -0.4 is 5.32 Å². The quantitative estimate of drug-likeness (QED) is 0.744. The summed E-state index contributed by atoms with van der Waals surface area (Å²) in [5.41, 5.74) is 0. The Bertz CT molecular complexity index is 189. The molecule has 0 radical (unpaired) electrons. The zero-order valence-electron chi connectivity index (χ0n) is 10.2. The van der Waals surface area contributed by atoms with Crippen molar-refractivity contribution in [3.05, 3.63) is 0 Å². The minimum atomic E-state index is 0.745. The second-order valence-electron chi connectivity index (χ2n) is 5.29. The summed E-state index contributed by atoms with van der Waals surface area (Å²) in [4.78, 5) is 5.00. The van der Waals surface area contributed by atoms with E-state index in [-0.39, 0.29) is 0 Å². The van der Waals surface area contributed by atoms with Crippen molar-refractivity contribution in [2.45, 2.75) is 37.8 Å². The third-order valence-corrected chi connectivity index (χ3v) is 3.91. The van der Waals surface area contributed by atoms with Crippen molar-refractivity contribution in [1.29, 1.82) is 0 Å². The SMILES string of the molecule is CN1CCC(N(C)CC2CCCCN2)C1. The van der Waals surface area contributed by atoms with E-state index in [0.29, 0.717) is 0 Å². The van der Waals surface area contributed by atoms with Crippen LogP contribution in [0, 0.1) is 0 Å². The van der Waals surface area contributed by atoms with Gasteiger partial charge >= 0.3 is 0 Å². The van der Waals surface area contributed by atoms with E-state index in [4.69, 9.17) is 0 Å². The molecule has 0 spiro atoms. The van der Waals surface area contributed by atoms with Gasteiger partial charge in [-0.15, -0.1) is 0 Å². The summed E-state index contributed by atoms with van der Waals surface area (Å²) in [5.74, 6) is 0. The van der Waals surface area contributed by atoms with Gasteiger partial charge in [0.25, 0.3) is 0 Å². The molecule has 3 nitrogen and oxygen atoms in total. The molecule has 2 heterocycles. The molecule has 88 valence electrons. The Kier molecular flexibility index (Phi) is 4.00. The van der Waals surface area contributed by atoms with Crippen LogP contribution in [-0.2, 0) is 0 Å². The topological polar surface area (TPSA) is 18.5 Å². The van der Waals surface area contributed by atoms with Crippen LogP contribution in [0.1, 0.15) is 25.7 Å².